The van der Waals surface area contributed by atoms with Gasteiger partial charge in [0, 0.05) is 38.8 Å². The van der Waals surface area contributed by atoms with Gasteiger partial charge in [0.1, 0.15) is 84.0 Å². The molecule has 0 heterocycles. The van der Waals surface area contributed by atoms with Gasteiger partial charge in [0.05, 0.1) is 25.2 Å². The summed E-state index contributed by atoms with van der Waals surface area (Å²) < 4.78 is 0. The second-order valence-electron chi connectivity index (χ2n) is 32.3. The van der Waals surface area contributed by atoms with Crippen molar-refractivity contribution in [2.75, 3.05) is 32.7 Å². The van der Waals surface area contributed by atoms with Gasteiger partial charge in [0.2, 0.25) is 88.6 Å². The molecule has 3 rings (SSSR count). The minimum absolute atomic E-state index is 0.00504. The Balaban J connectivity index is 1.90. The van der Waals surface area contributed by atoms with Crippen LogP contribution in [0.5, 0.6) is 11.5 Å². The number of primary amides is 1. The van der Waals surface area contributed by atoms with E-state index in [0.717, 1.165) is 6.92 Å². The molecule has 0 radical (unpaired) electrons. The lowest BCUT2D eigenvalue weighted by molar-refractivity contribution is -0.141. The molecule has 0 aliphatic heterocycles. The Morgan fingerprint density at radius 2 is 0.722 bits per heavy atom. The maximum Gasteiger partial charge on any atom is 0.326 e. The van der Waals surface area contributed by atoms with Crippen molar-refractivity contribution in [3.63, 3.8) is 0 Å². The van der Waals surface area contributed by atoms with Crippen LogP contribution in [0.2, 0.25) is 0 Å². The predicted octanol–water partition coefficient (Wildman–Crippen LogP) is -4.69. The molecule has 0 unspecified atom stereocenters. The van der Waals surface area contributed by atoms with Crippen LogP contribution in [0.15, 0.2) is 78.9 Å². The number of guanidine groups is 2. The molecule has 0 spiro atoms. The van der Waals surface area contributed by atoms with Crippen molar-refractivity contribution in [1.29, 1.82) is 10.8 Å². The molecule has 14 atom stereocenters. The highest BCUT2D eigenvalue weighted by Gasteiger charge is 2.39. The summed E-state index contributed by atoms with van der Waals surface area (Å²) in [6, 6.07) is 0.896. The minimum Gasteiger partial charge on any atom is -0.508 e. The average molecular weight is 1770 g/mol. The summed E-state index contributed by atoms with van der Waals surface area (Å²) in [4.78, 5) is 222. The first-order chi connectivity index (χ1) is 59.3. The minimum atomic E-state index is -1.88. The van der Waals surface area contributed by atoms with Crippen LogP contribution in [0.25, 0.3) is 0 Å². The maximum atomic E-state index is 14.7. The van der Waals surface area contributed by atoms with Gasteiger partial charge in [-0.05, 0) is 149 Å². The summed E-state index contributed by atoms with van der Waals surface area (Å²) in [5.41, 5.74) is 30.0. The maximum absolute atomic E-state index is 14.7. The van der Waals surface area contributed by atoms with E-state index >= 15 is 0 Å². The highest BCUT2D eigenvalue weighted by atomic mass is 16.4. The van der Waals surface area contributed by atoms with E-state index in [1.54, 1.807) is 85.7 Å². The molecule has 0 bridgehead atoms. The Kier molecular flexibility index (Phi) is 47.2. The summed E-state index contributed by atoms with van der Waals surface area (Å²) in [6.07, 6.45) is -3.43. The number of aliphatic hydroxyl groups is 1. The van der Waals surface area contributed by atoms with Crippen LogP contribution in [0.1, 0.15) is 157 Å². The van der Waals surface area contributed by atoms with Gasteiger partial charge >= 0.3 is 5.97 Å². The molecule has 15 amide bonds. The molecule has 3 aromatic carbocycles. The van der Waals surface area contributed by atoms with Crippen LogP contribution in [-0.4, -0.2) is 244 Å². The Morgan fingerprint density at radius 3 is 1.15 bits per heavy atom. The lowest BCUT2D eigenvalue weighted by Gasteiger charge is -2.28. The van der Waals surface area contributed by atoms with Gasteiger partial charge in [0.25, 0.3) is 0 Å². The number of nitrogens with two attached hydrogens (primary N) is 5. The number of carboxylic acid groups (broad SMARTS) is 1. The first-order valence-electron chi connectivity index (χ1n) is 41.9. The Labute approximate surface area is 732 Å². The van der Waals surface area contributed by atoms with Gasteiger partial charge in [-0.2, -0.15) is 0 Å². The molecule has 0 fully saturated rings. The van der Waals surface area contributed by atoms with Gasteiger partial charge < -0.3 is 134 Å². The van der Waals surface area contributed by atoms with Crippen LogP contribution in [0.4, 0.5) is 0 Å². The zero-order valence-corrected chi connectivity index (χ0v) is 73.0. The van der Waals surface area contributed by atoms with Crippen LogP contribution < -0.4 is 114 Å². The van der Waals surface area contributed by atoms with Gasteiger partial charge in [-0.25, -0.2) is 4.79 Å². The number of phenolic OH excluding ortho intramolecular Hbond substituents is 2. The van der Waals surface area contributed by atoms with E-state index in [0.29, 0.717) is 23.1 Å². The number of benzene rings is 3. The Hall–Kier alpha value is -12.8. The zero-order valence-electron chi connectivity index (χ0n) is 73.0. The molecule has 0 aliphatic carbocycles. The van der Waals surface area contributed by atoms with E-state index in [1.807, 2.05) is 0 Å². The lowest BCUT2D eigenvalue weighted by Crippen LogP contribution is -2.61. The number of carboxylic acids is 1. The highest BCUT2D eigenvalue weighted by molar-refractivity contribution is 6.00. The quantitative estimate of drug-likeness (QED) is 0.0143. The number of hydrogen-bond acceptors (Lipinski definition) is 23. The van der Waals surface area contributed by atoms with Crippen molar-refractivity contribution < 1.29 is 97.1 Å². The Morgan fingerprint density at radius 1 is 0.365 bits per heavy atom. The van der Waals surface area contributed by atoms with Crippen molar-refractivity contribution >= 4 is 106 Å². The van der Waals surface area contributed by atoms with E-state index in [-0.39, 0.29) is 120 Å². The molecule has 0 saturated heterocycles. The third-order valence-corrected chi connectivity index (χ3v) is 19.7. The fourth-order valence-corrected chi connectivity index (χ4v) is 12.6. The molecule has 32 N–H and O–H groups in total. The molecular formula is C83H131N23O20. The van der Waals surface area contributed by atoms with Crippen molar-refractivity contribution in [3.8, 4) is 11.5 Å². The number of carbonyl (C=O) groups is 16. The van der Waals surface area contributed by atoms with E-state index < -0.39 is 223 Å². The topological polar surface area (TPSA) is 724 Å². The number of nitrogens with one attached hydrogen (secondary N) is 18. The summed E-state index contributed by atoms with van der Waals surface area (Å²) in [5, 5.41) is 96.8. The van der Waals surface area contributed by atoms with Crippen LogP contribution in [0, 0.1) is 34.5 Å². The summed E-state index contributed by atoms with van der Waals surface area (Å²) in [7, 11) is 0. The average Bonchev–Trinajstić information content (AvgIpc) is 0.856. The van der Waals surface area contributed by atoms with E-state index in [9.17, 15) is 97.1 Å². The summed E-state index contributed by atoms with van der Waals surface area (Å²) >= 11 is 0. The van der Waals surface area contributed by atoms with Gasteiger partial charge in [-0.1, -0.05) is 110 Å². The second-order valence-corrected chi connectivity index (χ2v) is 32.3. The normalized spacial score (nSPS) is 14.5. The fraction of sp³-hybridized carbons (Fsp3) is 0.566. The Bertz CT molecular complexity index is 4140. The largest absolute Gasteiger partial charge is 0.508 e. The van der Waals surface area contributed by atoms with Crippen LogP contribution >= 0.6 is 0 Å². The molecule has 0 aromatic heterocycles. The van der Waals surface area contributed by atoms with E-state index in [2.05, 4.69) is 85.1 Å². The van der Waals surface area contributed by atoms with Crippen molar-refractivity contribution in [2.24, 2.45) is 52.3 Å². The van der Waals surface area contributed by atoms with Crippen molar-refractivity contribution in [3.05, 3.63) is 95.6 Å². The number of rotatable bonds is 57. The monoisotopic (exact) mass is 1770 g/mol. The number of hydrogen-bond donors (Lipinski definition) is 27. The third-order valence-electron chi connectivity index (χ3n) is 19.7. The number of aromatic hydroxyl groups is 2. The first kappa shape index (κ1) is 107. The standard InChI is InChI=1S/C83H131N23O20/c1-43(2)36-58(101-69(113)47(9)95-75(119)61(39-51-25-29-53(109)30-26-51)104-79(123)67(46(7)8)105-78(122)66(86)45(5)6)76(120)99-55(20-14-15-33-84)72(116)98-56(22-17-35-92-83(89)90)73(117)100-57(31-32-63(85)110)70(114)93-41-64(111)96-54(21-16-34-91-82(87)88)74(118)106-68(48(10)107)80(124)103-59(37-44(3)4)77(121)102-60(38-50-23-27-52(108)28-24-50)71(115)94-42-65(112)97-62(81(125)126)40-49-18-12-11-13-19-49/h11-13,18-19,23-30,43-48,54-62,66-68,107-109H,14-17,20-22,31-42,84,86H2,1-10H3,(H2,85,110)(H,93,114)(H,94,115)(H,95,119)(H,96,111)(H,97,112)(H,98,116)(H,99,120)(H,100,117)(H,101,113)(H,102,121)(H,103,124)(H,104,123)(H,105,122)(H,106,118)(H,125,126)(H4,87,88,91)(H4,89,90,92)/t47-,48+,54-,55-,56-,57-,58-,59-,60-,61-,62-,66-,67-,68-/m0/s1. The van der Waals surface area contributed by atoms with Crippen LogP contribution in [-0.2, 0) is 96.0 Å². The predicted molar refractivity (Wildman–Crippen MR) is 464 cm³/mol. The molecule has 43 heteroatoms. The number of phenols is 2. The number of unbranched alkanes of at least 4 members (excludes halogenated alkanes) is 1. The molecule has 0 saturated carbocycles. The van der Waals surface area contributed by atoms with Crippen molar-refractivity contribution in [2.45, 2.75) is 244 Å². The molecule has 3 aromatic rings. The number of aliphatic carboxylic acids is 1. The third kappa shape index (κ3) is 41.1. The van der Waals surface area contributed by atoms with Crippen LogP contribution in [0.3, 0.4) is 0 Å². The van der Waals surface area contributed by atoms with Gasteiger partial charge in [-0.3, -0.25) is 82.7 Å². The second kappa shape index (κ2) is 55.4. The highest BCUT2D eigenvalue weighted by Crippen LogP contribution is 2.18. The lowest BCUT2D eigenvalue weighted by atomic mass is 9.99. The summed E-state index contributed by atoms with van der Waals surface area (Å²) in [5.74, 6) is -17.9. The van der Waals surface area contributed by atoms with Gasteiger partial charge in [0.15, 0.2) is 11.9 Å². The SMILES string of the molecule is CC(C)C[C@H](NC(=O)[C@H](C)NC(=O)[C@H](Cc1ccc(O)cc1)NC(=O)[C@@H](NC(=O)[C@@H](N)C(C)C)C(C)C)C(=O)N[C@@H](CCCCN)C(=O)N[C@@H](CCCNC(=N)N)C(=O)N[C@@H](CCC(N)=O)C(=O)NCC(=O)N[C@@H](CCCNC(=N)N)C(=O)N[C@H](C(=O)N[C@@H](CC(C)C)C(=O)N[C@@H](Cc1ccc(O)cc1)C(=O)NCC(=O)N[C@@H](Cc1ccccc1)C(=O)O)[C@@H](C)O. The van der Waals surface area contributed by atoms with Gasteiger partial charge in [-0.15, -0.1) is 0 Å². The number of carbonyl (C=O) groups excluding carboxylic acids is 15. The molecule has 0 aliphatic rings. The summed E-state index contributed by atoms with van der Waals surface area (Å²) in [6.45, 7) is 14.5. The number of aliphatic hydroxyl groups excluding tert-OH is 1. The molecular weight excluding hydrogens is 1640 g/mol. The molecule has 126 heavy (non-hydrogen) atoms. The first-order valence-corrected chi connectivity index (χ1v) is 41.9. The smallest absolute Gasteiger partial charge is 0.326 e. The van der Waals surface area contributed by atoms with Crippen molar-refractivity contribution in [1.82, 2.24) is 85.1 Å². The van der Waals surface area contributed by atoms with E-state index in [4.69, 9.17) is 39.5 Å². The fourth-order valence-electron chi connectivity index (χ4n) is 12.6. The number of amides is 15. The zero-order chi connectivity index (χ0) is 94.6. The molecule has 698 valence electrons. The molecule has 43 nitrogen and oxygen atoms in total. The van der Waals surface area contributed by atoms with E-state index in [1.165, 1.54) is 55.5 Å².